The molecule has 2 amide bonds. The number of alkyl halides is 6. The lowest BCUT2D eigenvalue weighted by atomic mass is 9.72. The summed E-state index contributed by atoms with van der Waals surface area (Å²) in [6, 6.07) is 9.00. The van der Waals surface area contributed by atoms with E-state index in [4.69, 9.17) is 9.47 Å². The fourth-order valence-electron chi connectivity index (χ4n) is 8.30. The molecule has 0 bridgehead atoms. The molecule has 10 nitrogen and oxygen atoms in total. The molecule has 1 saturated carbocycles. The molecule has 2 aliphatic heterocycles. The number of carbonyl (C=O) groups is 3. The van der Waals surface area contributed by atoms with Gasteiger partial charge in [-0.2, -0.15) is 31.6 Å². The Morgan fingerprint density at radius 3 is 2.40 bits per heavy atom. The first kappa shape index (κ1) is 44.3. The van der Waals surface area contributed by atoms with Gasteiger partial charge in [-0.1, -0.05) is 38.1 Å². The number of para-hydroxylation sites is 1. The van der Waals surface area contributed by atoms with E-state index in [1.165, 1.54) is 18.0 Å². The average molecular weight is 837 g/mol. The van der Waals surface area contributed by atoms with Crippen LogP contribution in [-0.2, 0) is 26.0 Å². The van der Waals surface area contributed by atoms with Gasteiger partial charge in [0.15, 0.2) is 0 Å². The van der Waals surface area contributed by atoms with Crippen molar-refractivity contribution in [2.45, 2.75) is 101 Å². The summed E-state index contributed by atoms with van der Waals surface area (Å²) in [5.41, 5.74) is -4.84. The molecule has 3 heterocycles. The first-order valence-corrected chi connectivity index (χ1v) is 20.0. The van der Waals surface area contributed by atoms with Gasteiger partial charge < -0.3 is 24.4 Å². The second kappa shape index (κ2) is 18.0. The van der Waals surface area contributed by atoms with Crippen LogP contribution in [0.2, 0.25) is 0 Å². The number of halogens is 6. The van der Waals surface area contributed by atoms with Gasteiger partial charge in [-0.05, 0) is 63.9 Å². The fraction of sp³-hybridized carbons (Fsp3) is 0.537. The molecule has 1 N–H and O–H groups in total. The van der Waals surface area contributed by atoms with Crippen LogP contribution in [-0.4, -0.2) is 83.0 Å². The number of hydrogen-bond donors (Lipinski definition) is 1. The predicted molar refractivity (Wildman–Crippen MR) is 203 cm³/mol. The zero-order valence-electron chi connectivity index (χ0n) is 32.2. The van der Waals surface area contributed by atoms with E-state index in [0.717, 1.165) is 22.5 Å². The highest BCUT2D eigenvalue weighted by atomic mass is 32.1. The van der Waals surface area contributed by atoms with Crippen LogP contribution in [0.15, 0.2) is 64.6 Å². The van der Waals surface area contributed by atoms with E-state index < -0.39 is 69.1 Å². The van der Waals surface area contributed by atoms with Crippen LogP contribution < -0.4 is 9.47 Å². The van der Waals surface area contributed by atoms with Gasteiger partial charge in [0.1, 0.15) is 16.4 Å². The maximum Gasteiger partial charge on any atom is 0.425 e. The summed E-state index contributed by atoms with van der Waals surface area (Å²) < 4.78 is 95.9. The van der Waals surface area contributed by atoms with Crippen molar-refractivity contribution in [1.82, 2.24) is 9.80 Å². The Hall–Kier alpha value is -4.85. The van der Waals surface area contributed by atoms with Crippen molar-refractivity contribution in [2.75, 3.05) is 26.2 Å². The van der Waals surface area contributed by atoms with Crippen molar-refractivity contribution in [3.8, 4) is 17.6 Å². The largest absolute Gasteiger partial charge is 0.493 e. The zero-order chi connectivity index (χ0) is 42.5. The number of likely N-dealkylation sites (tertiary alicyclic amines) is 2. The topological polar surface area (TPSA) is 133 Å². The van der Waals surface area contributed by atoms with Gasteiger partial charge in [-0.25, -0.2) is 0 Å². The fourth-order valence-corrected chi connectivity index (χ4v) is 8.98. The Kier molecular flexibility index (Phi) is 13.7. The number of nitriles is 1. The van der Waals surface area contributed by atoms with Crippen molar-refractivity contribution in [3.05, 3.63) is 70.1 Å². The number of benzene rings is 1. The lowest BCUT2D eigenvalue weighted by Gasteiger charge is -2.51. The van der Waals surface area contributed by atoms with Crippen LogP contribution in [0.1, 0.15) is 82.1 Å². The molecule has 58 heavy (non-hydrogen) atoms. The number of carboxylic acid groups (broad SMARTS) is 1. The minimum atomic E-state index is -5.00. The van der Waals surface area contributed by atoms with Crippen molar-refractivity contribution in [1.29, 1.82) is 5.26 Å². The molecule has 4 unspecified atom stereocenters. The molecule has 314 valence electrons. The summed E-state index contributed by atoms with van der Waals surface area (Å²) in [4.78, 5) is 46.1. The van der Waals surface area contributed by atoms with Crippen molar-refractivity contribution < 1.29 is 55.3 Å². The molecule has 0 radical (unpaired) electrons. The first-order valence-electron chi connectivity index (χ1n) is 19.2. The first-order chi connectivity index (χ1) is 27.4. The van der Waals surface area contributed by atoms with Crippen molar-refractivity contribution in [2.24, 2.45) is 16.8 Å². The number of aliphatic imine (C=N–C) groups is 1. The number of ether oxygens (including phenoxy) is 2. The Bertz CT molecular complexity index is 1950. The number of aliphatic carboxylic acids is 1. The van der Waals surface area contributed by atoms with Crippen LogP contribution in [0.4, 0.5) is 26.3 Å². The molecule has 4 atom stereocenters. The number of rotatable bonds is 13. The van der Waals surface area contributed by atoms with Crippen LogP contribution in [0, 0.1) is 23.2 Å². The molecular formula is C41H46F6N4O6S. The van der Waals surface area contributed by atoms with Crippen molar-refractivity contribution in [3.63, 3.8) is 0 Å². The van der Waals surface area contributed by atoms with E-state index in [1.807, 2.05) is 0 Å². The second-order valence-corrected chi connectivity index (χ2v) is 15.9. The lowest BCUT2D eigenvalue weighted by Crippen LogP contribution is -2.68. The monoisotopic (exact) mass is 836 g/mol. The maximum atomic E-state index is 15.1. The molecule has 0 spiro atoms. The Labute approximate surface area is 336 Å². The third-order valence-corrected chi connectivity index (χ3v) is 12.3. The molecule has 2 aromatic rings. The van der Waals surface area contributed by atoms with E-state index in [0.29, 0.717) is 48.3 Å². The van der Waals surface area contributed by atoms with Gasteiger partial charge in [-0.3, -0.25) is 19.4 Å². The van der Waals surface area contributed by atoms with E-state index in [9.17, 15) is 46.3 Å². The average Bonchev–Trinajstić information content (AvgIpc) is 3.88. The SMILES string of the molecule is C=C(/C(=C\N=CC)C(=O)N1CCCC(Oc2csc(C(F)(F)F)c2)(C(=O)N2CCC(C#N)(c3ccccc3OCC3CCC(C(=O)O)C3)CC2)C1CCC)C(F)(F)F. The van der Waals surface area contributed by atoms with Gasteiger partial charge in [0.05, 0.1) is 41.2 Å². The van der Waals surface area contributed by atoms with E-state index in [1.54, 1.807) is 31.2 Å². The van der Waals surface area contributed by atoms with Crippen LogP contribution in [0.3, 0.4) is 0 Å². The Morgan fingerprint density at radius 1 is 1.10 bits per heavy atom. The molecular weight excluding hydrogens is 791 g/mol. The number of carbonyl (C=O) groups excluding carboxylic acids is 2. The van der Waals surface area contributed by atoms with Gasteiger partial charge in [0.2, 0.25) is 5.60 Å². The van der Waals surface area contributed by atoms with E-state index in [-0.39, 0.29) is 70.0 Å². The smallest absolute Gasteiger partial charge is 0.425 e. The number of thiophene rings is 1. The lowest BCUT2D eigenvalue weighted by molar-refractivity contribution is -0.166. The normalized spacial score (nSPS) is 24.1. The number of hydrogen-bond acceptors (Lipinski definition) is 8. The quantitative estimate of drug-likeness (QED) is 0.0924. The van der Waals surface area contributed by atoms with E-state index >= 15 is 4.79 Å². The van der Waals surface area contributed by atoms with Gasteiger partial charge >= 0.3 is 18.3 Å². The molecule has 5 rings (SSSR count). The summed E-state index contributed by atoms with van der Waals surface area (Å²) >= 11 is 0.357. The van der Waals surface area contributed by atoms with Crippen LogP contribution >= 0.6 is 11.3 Å². The third-order valence-electron chi connectivity index (χ3n) is 11.3. The summed E-state index contributed by atoms with van der Waals surface area (Å²) in [6.45, 7) is 6.49. The summed E-state index contributed by atoms with van der Waals surface area (Å²) in [6.07, 6.45) is -5.43. The highest BCUT2D eigenvalue weighted by Gasteiger charge is 2.57. The standard InChI is InChI=1S/C41H46F6N4O6S/c1-4-9-33-39(57-29-21-34(58-24-29)41(45,46)47,14-8-17-51(33)35(52)30(22-49-5-2)26(3)40(42,43)44)37(55)50-18-15-38(25-48,16-19-50)31-10-6-7-11-32(31)56-23-27-12-13-28(20-27)36(53)54/h5-7,10-11,21-22,24,27-28,33H,3-4,8-9,12-20,23H2,1-2H3,(H,53,54)/b30-22+,49-5?. The molecule has 1 aromatic heterocycles. The predicted octanol–water partition coefficient (Wildman–Crippen LogP) is 8.73. The maximum absolute atomic E-state index is 15.1. The van der Waals surface area contributed by atoms with E-state index in [2.05, 4.69) is 17.6 Å². The highest BCUT2D eigenvalue weighted by Crippen LogP contribution is 2.45. The molecule has 3 aliphatic rings. The summed E-state index contributed by atoms with van der Waals surface area (Å²) in [5.74, 6) is -2.85. The summed E-state index contributed by atoms with van der Waals surface area (Å²) in [5, 5.41) is 21.2. The second-order valence-electron chi connectivity index (χ2n) is 15.0. The number of nitrogens with zero attached hydrogens (tertiary/aromatic N) is 4. The van der Waals surface area contributed by atoms with Gasteiger partial charge in [0.25, 0.3) is 11.8 Å². The zero-order valence-corrected chi connectivity index (χ0v) is 33.0. The van der Waals surface area contributed by atoms with Gasteiger partial charge in [-0.15, -0.1) is 11.3 Å². The number of piperidine rings is 2. The highest BCUT2D eigenvalue weighted by molar-refractivity contribution is 7.10. The third kappa shape index (κ3) is 9.37. The number of carboxylic acids is 1. The molecule has 2 saturated heterocycles. The molecule has 17 heteroatoms. The molecule has 3 fully saturated rings. The van der Waals surface area contributed by atoms with Crippen LogP contribution in [0.25, 0.3) is 0 Å². The molecule has 1 aliphatic carbocycles. The number of amides is 2. The van der Waals surface area contributed by atoms with Crippen molar-refractivity contribution >= 4 is 35.3 Å². The Balaban J connectivity index is 1.48. The van der Waals surface area contributed by atoms with Crippen LogP contribution in [0.5, 0.6) is 11.5 Å². The minimum absolute atomic E-state index is 0.000229. The Morgan fingerprint density at radius 2 is 1.81 bits per heavy atom. The van der Waals surface area contributed by atoms with Gasteiger partial charge in [0, 0.05) is 55.5 Å². The molecule has 1 aromatic carbocycles. The minimum Gasteiger partial charge on any atom is -0.493 e. The summed E-state index contributed by atoms with van der Waals surface area (Å²) in [7, 11) is 0.